The molecule has 1 saturated heterocycles. The minimum absolute atomic E-state index is 0.0312. The van der Waals surface area contributed by atoms with E-state index in [-0.39, 0.29) is 5.91 Å². The summed E-state index contributed by atoms with van der Waals surface area (Å²) < 4.78 is 0. The molecule has 0 aliphatic carbocycles. The largest absolute Gasteiger partial charge is 0.370 e. The fraction of sp³-hybridized carbons (Fsp3) is 0.667. The number of carbonyl (C=O) groups is 1. The maximum atomic E-state index is 12.3. The van der Waals surface area contributed by atoms with Gasteiger partial charge in [-0.2, -0.15) is 0 Å². The third-order valence-electron chi connectivity index (χ3n) is 3.62. The summed E-state index contributed by atoms with van der Waals surface area (Å²) in [6.07, 6.45) is 8.41. The van der Waals surface area contributed by atoms with Gasteiger partial charge >= 0.3 is 0 Å². The lowest BCUT2D eigenvalue weighted by Crippen LogP contribution is -2.36. The molecule has 1 aliphatic heterocycles. The van der Waals surface area contributed by atoms with Crippen LogP contribution in [0.15, 0.2) is 12.4 Å². The number of carbonyl (C=O) groups excluding carboxylic acids is 1. The van der Waals surface area contributed by atoms with Crippen molar-refractivity contribution in [1.29, 1.82) is 0 Å². The van der Waals surface area contributed by atoms with Crippen molar-refractivity contribution in [2.75, 3.05) is 25.0 Å². The number of hydrogen-bond donors (Lipinski definition) is 1. The highest BCUT2D eigenvalue weighted by Crippen LogP contribution is 2.13. The molecule has 20 heavy (non-hydrogen) atoms. The lowest BCUT2D eigenvalue weighted by molar-refractivity contribution is 0.0718. The Balaban J connectivity index is 1.92. The van der Waals surface area contributed by atoms with Crippen LogP contribution in [-0.4, -0.2) is 40.4 Å². The Hall–Kier alpha value is -1.65. The molecule has 110 valence electrons. The zero-order valence-electron chi connectivity index (χ0n) is 12.3. The molecule has 1 fully saturated rings. The van der Waals surface area contributed by atoms with E-state index in [0.29, 0.717) is 5.69 Å². The second-order valence-corrected chi connectivity index (χ2v) is 5.28. The van der Waals surface area contributed by atoms with Crippen molar-refractivity contribution in [1.82, 2.24) is 14.9 Å². The van der Waals surface area contributed by atoms with Crippen LogP contribution in [0.1, 0.15) is 55.9 Å². The number of aromatic nitrogens is 2. The first kappa shape index (κ1) is 14.8. The smallest absolute Gasteiger partial charge is 0.272 e. The van der Waals surface area contributed by atoms with Gasteiger partial charge in [-0.25, -0.2) is 9.97 Å². The number of anilines is 1. The second-order valence-electron chi connectivity index (χ2n) is 5.28. The van der Waals surface area contributed by atoms with Gasteiger partial charge in [-0.1, -0.05) is 19.8 Å². The predicted molar refractivity (Wildman–Crippen MR) is 79.8 cm³/mol. The van der Waals surface area contributed by atoms with Gasteiger partial charge in [0.2, 0.25) is 0 Å². The van der Waals surface area contributed by atoms with E-state index in [9.17, 15) is 4.79 Å². The third kappa shape index (κ3) is 4.18. The van der Waals surface area contributed by atoms with Crippen molar-refractivity contribution in [3.05, 3.63) is 18.1 Å². The van der Waals surface area contributed by atoms with Crippen molar-refractivity contribution in [3.63, 3.8) is 0 Å². The van der Waals surface area contributed by atoms with Crippen LogP contribution in [0.4, 0.5) is 5.82 Å². The summed E-state index contributed by atoms with van der Waals surface area (Å²) >= 11 is 0. The minimum atomic E-state index is 0.0312. The molecule has 5 nitrogen and oxygen atoms in total. The Bertz CT molecular complexity index is 430. The SMILES string of the molecule is CCCCCNc1cc(C(=O)N2CCCCC2)ncn1. The van der Waals surface area contributed by atoms with Gasteiger partial charge in [0, 0.05) is 25.7 Å². The van der Waals surface area contributed by atoms with E-state index in [1.807, 2.05) is 4.90 Å². The van der Waals surface area contributed by atoms with Gasteiger partial charge in [-0.15, -0.1) is 0 Å². The standard InChI is InChI=1S/C15H24N4O/c1-2-3-5-8-16-14-11-13(17-12-18-14)15(20)19-9-6-4-7-10-19/h11-12H,2-10H2,1H3,(H,16,17,18). The number of rotatable bonds is 6. The summed E-state index contributed by atoms with van der Waals surface area (Å²) in [6.45, 7) is 4.77. The van der Waals surface area contributed by atoms with E-state index >= 15 is 0 Å². The van der Waals surface area contributed by atoms with Crippen molar-refractivity contribution >= 4 is 11.7 Å². The van der Waals surface area contributed by atoms with Gasteiger partial charge in [0.25, 0.3) is 5.91 Å². The molecule has 2 heterocycles. The highest BCUT2D eigenvalue weighted by molar-refractivity contribution is 5.92. The molecule has 0 aromatic carbocycles. The van der Waals surface area contributed by atoms with Crippen molar-refractivity contribution in [3.8, 4) is 0 Å². The molecule has 1 aromatic rings. The van der Waals surface area contributed by atoms with E-state index in [2.05, 4.69) is 22.2 Å². The Kier molecular flexibility index (Phi) is 5.77. The first-order valence-electron chi connectivity index (χ1n) is 7.66. The minimum Gasteiger partial charge on any atom is -0.370 e. The van der Waals surface area contributed by atoms with Crippen LogP contribution in [0.3, 0.4) is 0 Å². The van der Waals surface area contributed by atoms with Crippen molar-refractivity contribution in [2.45, 2.75) is 45.4 Å². The van der Waals surface area contributed by atoms with E-state index in [4.69, 9.17) is 0 Å². The topological polar surface area (TPSA) is 58.1 Å². The molecule has 1 aromatic heterocycles. The molecular weight excluding hydrogens is 252 g/mol. The zero-order valence-corrected chi connectivity index (χ0v) is 12.3. The molecule has 1 amide bonds. The summed E-state index contributed by atoms with van der Waals surface area (Å²) in [5.41, 5.74) is 0.500. The Morgan fingerprint density at radius 1 is 1.25 bits per heavy atom. The Morgan fingerprint density at radius 2 is 2.05 bits per heavy atom. The molecule has 0 atom stereocenters. The second kappa shape index (κ2) is 7.82. The van der Waals surface area contributed by atoms with Gasteiger partial charge in [-0.05, 0) is 25.7 Å². The number of unbranched alkanes of at least 4 members (excludes halogenated alkanes) is 2. The van der Waals surface area contributed by atoms with Crippen LogP contribution in [0.25, 0.3) is 0 Å². The number of amides is 1. The monoisotopic (exact) mass is 276 g/mol. The normalized spacial score (nSPS) is 15.2. The van der Waals surface area contributed by atoms with E-state index in [1.54, 1.807) is 6.07 Å². The first-order chi connectivity index (χ1) is 9.81. The average Bonchev–Trinajstić information content (AvgIpc) is 2.52. The molecule has 5 heteroatoms. The van der Waals surface area contributed by atoms with Crippen LogP contribution in [0.5, 0.6) is 0 Å². The molecule has 0 bridgehead atoms. The van der Waals surface area contributed by atoms with Gasteiger partial charge in [-0.3, -0.25) is 4.79 Å². The molecule has 0 radical (unpaired) electrons. The number of likely N-dealkylation sites (tertiary alicyclic amines) is 1. The van der Waals surface area contributed by atoms with E-state index in [0.717, 1.165) is 44.7 Å². The summed E-state index contributed by atoms with van der Waals surface area (Å²) in [6, 6.07) is 1.77. The Morgan fingerprint density at radius 3 is 2.80 bits per heavy atom. The maximum Gasteiger partial charge on any atom is 0.272 e. The third-order valence-corrected chi connectivity index (χ3v) is 3.62. The van der Waals surface area contributed by atoms with E-state index in [1.165, 1.54) is 25.6 Å². The lowest BCUT2D eigenvalue weighted by Gasteiger charge is -2.26. The summed E-state index contributed by atoms with van der Waals surface area (Å²) in [4.78, 5) is 22.5. The number of nitrogens with zero attached hydrogens (tertiary/aromatic N) is 3. The van der Waals surface area contributed by atoms with Crippen LogP contribution < -0.4 is 5.32 Å². The van der Waals surface area contributed by atoms with Gasteiger partial charge in [0.1, 0.15) is 17.8 Å². The zero-order chi connectivity index (χ0) is 14.2. The molecule has 1 aliphatic rings. The summed E-state index contributed by atoms with van der Waals surface area (Å²) in [5, 5.41) is 3.26. The molecule has 0 unspecified atom stereocenters. The van der Waals surface area contributed by atoms with Crippen molar-refractivity contribution in [2.24, 2.45) is 0 Å². The maximum absolute atomic E-state index is 12.3. The van der Waals surface area contributed by atoms with Crippen LogP contribution in [-0.2, 0) is 0 Å². The first-order valence-corrected chi connectivity index (χ1v) is 7.66. The Labute approximate surface area is 120 Å². The summed E-state index contributed by atoms with van der Waals surface area (Å²) in [7, 11) is 0. The number of nitrogens with one attached hydrogen (secondary N) is 1. The molecule has 2 rings (SSSR count). The highest BCUT2D eigenvalue weighted by Gasteiger charge is 2.19. The van der Waals surface area contributed by atoms with Gasteiger partial charge in [0.15, 0.2) is 0 Å². The quantitative estimate of drug-likeness (QED) is 0.812. The molecule has 0 spiro atoms. The number of hydrogen-bond acceptors (Lipinski definition) is 4. The van der Waals surface area contributed by atoms with E-state index < -0.39 is 0 Å². The fourth-order valence-corrected chi connectivity index (χ4v) is 2.42. The molecule has 1 N–H and O–H groups in total. The van der Waals surface area contributed by atoms with Gasteiger partial charge in [0.05, 0.1) is 0 Å². The highest BCUT2D eigenvalue weighted by atomic mass is 16.2. The average molecular weight is 276 g/mol. The van der Waals surface area contributed by atoms with Crippen LogP contribution in [0, 0.1) is 0 Å². The molecular formula is C15H24N4O. The molecule has 0 saturated carbocycles. The fourth-order valence-electron chi connectivity index (χ4n) is 2.42. The van der Waals surface area contributed by atoms with Gasteiger partial charge < -0.3 is 10.2 Å². The van der Waals surface area contributed by atoms with Crippen LogP contribution in [0.2, 0.25) is 0 Å². The number of piperidine rings is 1. The van der Waals surface area contributed by atoms with Crippen LogP contribution >= 0.6 is 0 Å². The summed E-state index contributed by atoms with van der Waals surface area (Å²) in [5.74, 6) is 0.778. The van der Waals surface area contributed by atoms with Crippen molar-refractivity contribution < 1.29 is 4.79 Å². The lowest BCUT2D eigenvalue weighted by atomic mass is 10.1. The predicted octanol–water partition coefficient (Wildman–Crippen LogP) is 2.70.